The van der Waals surface area contributed by atoms with E-state index in [4.69, 9.17) is 5.11 Å². The molecule has 122 valence electrons. The Morgan fingerprint density at radius 1 is 1.13 bits per heavy atom. The standard InChI is InChI=1S/C17H19NO4S/c1-13(14-6-3-2-4-7-14)10-11-18-23(21,22)16-9-5-8-15(12-16)17(19)20/h2-9,12-13,18H,10-11H2,1H3,(H,19,20). The molecule has 2 N–H and O–H groups in total. The number of benzene rings is 2. The summed E-state index contributed by atoms with van der Waals surface area (Å²) in [6.07, 6.45) is 0.655. The summed E-state index contributed by atoms with van der Waals surface area (Å²) in [5.74, 6) is -0.927. The van der Waals surface area contributed by atoms with Gasteiger partial charge in [0.1, 0.15) is 0 Å². The average molecular weight is 333 g/mol. The van der Waals surface area contributed by atoms with Crippen LogP contribution in [0.3, 0.4) is 0 Å². The van der Waals surface area contributed by atoms with E-state index in [0.29, 0.717) is 6.42 Å². The van der Waals surface area contributed by atoms with Crippen LogP contribution >= 0.6 is 0 Å². The predicted molar refractivity (Wildman–Crippen MR) is 88.1 cm³/mol. The summed E-state index contributed by atoms with van der Waals surface area (Å²) in [5, 5.41) is 8.93. The second-order valence-electron chi connectivity index (χ2n) is 5.33. The summed E-state index contributed by atoms with van der Waals surface area (Å²) in [7, 11) is -3.71. The number of carboxylic acid groups (broad SMARTS) is 1. The molecule has 0 radical (unpaired) electrons. The number of rotatable bonds is 7. The number of carbonyl (C=O) groups is 1. The molecule has 0 spiro atoms. The van der Waals surface area contributed by atoms with Gasteiger partial charge < -0.3 is 5.11 Å². The molecule has 0 saturated carbocycles. The summed E-state index contributed by atoms with van der Waals surface area (Å²) >= 11 is 0. The second kappa shape index (κ2) is 7.39. The van der Waals surface area contributed by atoms with Gasteiger partial charge in [-0.25, -0.2) is 17.9 Å². The van der Waals surface area contributed by atoms with Gasteiger partial charge in [0.2, 0.25) is 10.0 Å². The van der Waals surface area contributed by atoms with E-state index < -0.39 is 16.0 Å². The number of sulfonamides is 1. The average Bonchev–Trinajstić information content (AvgIpc) is 2.55. The third-order valence-electron chi connectivity index (χ3n) is 3.63. The van der Waals surface area contributed by atoms with Gasteiger partial charge in [-0.1, -0.05) is 43.3 Å². The van der Waals surface area contributed by atoms with Gasteiger partial charge in [0, 0.05) is 6.54 Å². The van der Waals surface area contributed by atoms with Gasteiger partial charge in [-0.05, 0) is 36.1 Å². The van der Waals surface area contributed by atoms with Crippen molar-refractivity contribution in [3.8, 4) is 0 Å². The highest BCUT2D eigenvalue weighted by molar-refractivity contribution is 7.89. The lowest BCUT2D eigenvalue weighted by molar-refractivity contribution is 0.0696. The molecule has 5 nitrogen and oxygen atoms in total. The van der Waals surface area contributed by atoms with Crippen LogP contribution in [-0.4, -0.2) is 26.0 Å². The third-order valence-corrected chi connectivity index (χ3v) is 5.09. The largest absolute Gasteiger partial charge is 0.478 e. The number of hydrogen-bond acceptors (Lipinski definition) is 3. The highest BCUT2D eigenvalue weighted by Crippen LogP contribution is 2.18. The van der Waals surface area contributed by atoms with E-state index in [1.54, 1.807) is 0 Å². The molecular formula is C17H19NO4S. The number of carboxylic acids is 1. The van der Waals surface area contributed by atoms with Gasteiger partial charge >= 0.3 is 5.97 Å². The van der Waals surface area contributed by atoms with E-state index >= 15 is 0 Å². The van der Waals surface area contributed by atoms with E-state index in [2.05, 4.69) is 4.72 Å². The van der Waals surface area contributed by atoms with Crippen molar-refractivity contribution >= 4 is 16.0 Å². The fourth-order valence-electron chi connectivity index (χ4n) is 2.24. The van der Waals surface area contributed by atoms with Gasteiger partial charge in [0.05, 0.1) is 10.5 Å². The minimum Gasteiger partial charge on any atom is -0.478 e. The summed E-state index contributed by atoms with van der Waals surface area (Å²) in [4.78, 5) is 10.9. The molecule has 0 saturated heterocycles. The van der Waals surface area contributed by atoms with Crippen molar-refractivity contribution in [1.29, 1.82) is 0 Å². The molecule has 1 atom stereocenters. The Balaban J connectivity index is 1.99. The Morgan fingerprint density at radius 3 is 2.48 bits per heavy atom. The maximum atomic E-state index is 12.2. The van der Waals surface area contributed by atoms with Crippen LogP contribution < -0.4 is 4.72 Å². The molecular weight excluding hydrogens is 314 g/mol. The van der Waals surface area contributed by atoms with Crippen LogP contribution in [0.1, 0.15) is 35.2 Å². The smallest absolute Gasteiger partial charge is 0.335 e. The molecule has 6 heteroatoms. The van der Waals surface area contributed by atoms with Crippen molar-refractivity contribution in [1.82, 2.24) is 4.72 Å². The Bertz CT molecular complexity index is 772. The Morgan fingerprint density at radius 2 is 1.83 bits per heavy atom. The minimum atomic E-state index is -3.71. The fraction of sp³-hybridized carbons (Fsp3) is 0.235. The Labute approximate surface area is 136 Å². The molecule has 2 rings (SSSR count). The van der Waals surface area contributed by atoms with Crippen LogP contribution in [0, 0.1) is 0 Å². The van der Waals surface area contributed by atoms with Crippen LogP contribution in [0.2, 0.25) is 0 Å². The van der Waals surface area contributed by atoms with Crippen molar-refractivity contribution < 1.29 is 18.3 Å². The van der Waals surface area contributed by atoms with Crippen molar-refractivity contribution in [3.63, 3.8) is 0 Å². The summed E-state index contributed by atoms with van der Waals surface area (Å²) < 4.78 is 27.0. The number of hydrogen-bond donors (Lipinski definition) is 2. The molecule has 0 amide bonds. The molecule has 0 aliphatic rings. The Hall–Kier alpha value is -2.18. The van der Waals surface area contributed by atoms with E-state index in [1.807, 2.05) is 37.3 Å². The van der Waals surface area contributed by atoms with Gasteiger partial charge in [0.15, 0.2) is 0 Å². The first-order chi connectivity index (χ1) is 10.9. The normalized spacial score (nSPS) is 12.7. The molecule has 0 aromatic heterocycles. The van der Waals surface area contributed by atoms with Crippen molar-refractivity contribution in [2.45, 2.75) is 24.2 Å². The fourth-order valence-corrected chi connectivity index (χ4v) is 3.33. The zero-order valence-electron chi connectivity index (χ0n) is 12.8. The van der Waals surface area contributed by atoms with E-state index in [0.717, 1.165) is 11.6 Å². The summed E-state index contributed by atoms with van der Waals surface area (Å²) in [6.45, 7) is 2.32. The molecule has 0 fully saturated rings. The van der Waals surface area contributed by atoms with Crippen LogP contribution in [-0.2, 0) is 10.0 Å². The van der Waals surface area contributed by atoms with Crippen LogP contribution in [0.15, 0.2) is 59.5 Å². The lowest BCUT2D eigenvalue weighted by Crippen LogP contribution is -2.25. The van der Waals surface area contributed by atoms with Crippen LogP contribution in [0.4, 0.5) is 0 Å². The molecule has 2 aromatic carbocycles. The maximum absolute atomic E-state index is 12.2. The topological polar surface area (TPSA) is 83.5 Å². The quantitative estimate of drug-likeness (QED) is 0.816. The first-order valence-electron chi connectivity index (χ1n) is 7.28. The summed E-state index contributed by atoms with van der Waals surface area (Å²) in [6, 6.07) is 15.2. The van der Waals surface area contributed by atoms with Gasteiger partial charge in [-0.3, -0.25) is 0 Å². The third kappa shape index (κ3) is 4.64. The van der Waals surface area contributed by atoms with Crippen molar-refractivity contribution in [2.24, 2.45) is 0 Å². The van der Waals surface area contributed by atoms with Crippen LogP contribution in [0.5, 0.6) is 0 Å². The lowest BCUT2D eigenvalue weighted by atomic mass is 9.98. The number of aromatic carboxylic acids is 1. The van der Waals surface area contributed by atoms with Crippen molar-refractivity contribution in [3.05, 3.63) is 65.7 Å². The van der Waals surface area contributed by atoms with E-state index in [-0.39, 0.29) is 22.9 Å². The number of nitrogens with one attached hydrogen (secondary N) is 1. The molecule has 2 aromatic rings. The van der Waals surface area contributed by atoms with E-state index in [9.17, 15) is 13.2 Å². The molecule has 0 bridgehead atoms. The SMILES string of the molecule is CC(CCNS(=O)(=O)c1cccc(C(=O)O)c1)c1ccccc1. The van der Waals surface area contributed by atoms with Gasteiger partial charge in [-0.2, -0.15) is 0 Å². The highest BCUT2D eigenvalue weighted by Gasteiger charge is 2.16. The van der Waals surface area contributed by atoms with Crippen molar-refractivity contribution in [2.75, 3.05) is 6.54 Å². The molecule has 1 unspecified atom stereocenters. The maximum Gasteiger partial charge on any atom is 0.335 e. The summed E-state index contributed by atoms with van der Waals surface area (Å²) in [5.41, 5.74) is 1.10. The Kier molecular flexibility index (Phi) is 5.52. The van der Waals surface area contributed by atoms with E-state index in [1.165, 1.54) is 18.2 Å². The molecule has 23 heavy (non-hydrogen) atoms. The molecule has 0 aliphatic carbocycles. The zero-order chi connectivity index (χ0) is 16.9. The zero-order valence-corrected chi connectivity index (χ0v) is 13.6. The lowest BCUT2D eigenvalue weighted by Gasteiger charge is -2.13. The van der Waals surface area contributed by atoms with Gasteiger partial charge in [-0.15, -0.1) is 0 Å². The first-order valence-corrected chi connectivity index (χ1v) is 8.76. The first kappa shape index (κ1) is 17.2. The molecule has 0 aliphatic heterocycles. The predicted octanol–water partition coefficient (Wildman–Crippen LogP) is 2.86. The van der Waals surface area contributed by atoms with Crippen LogP contribution in [0.25, 0.3) is 0 Å². The highest BCUT2D eigenvalue weighted by atomic mass is 32.2. The molecule has 0 heterocycles. The minimum absolute atomic E-state index is 0.0373. The van der Waals surface area contributed by atoms with Gasteiger partial charge in [0.25, 0.3) is 0 Å². The monoisotopic (exact) mass is 333 g/mol. The second-order valence-corrected chi connectivity index (χ2v) is 7.10.